The summed E-state index contributed by atoms with van der Waals surface area (Å²) in [7, 11) is -3.62. The van der Waals surface area contributed by atoms with Crippen molar-refractivity contribution in [2.75, 3.05) is 25.0 Å². The molecule has 2 aromatic rings. The summed E-state index contributed by atoms with van der Waals surface area (Å²) in [6.07, 6.45) is 6.02. The van der Waals surface area contributed by atoms with Gasteiger partial charge in [0.2, 0.25) is 10.0 Å². The van der Waals surface area contributed by atoms with Gasteiger partial charge in [-0.3, -0.25) is 9.59 Å². The first-order valence-corrected chi connectivity index (χ1v) is 13.4. The van der Waals surface area contributed by atoms with Crippen molar-refractivity contribution in [3.63, 3.8) is 0 Å². The van der Waals surface area contributed by atoms with Gasteiger partial charge in [-0.25, -0.2) is 8.42 Å². The summed E-state index contributed by atoms with van der Waals surface area (Å²) in [5, 5.41) is 2.72. The van der Waals surface area contributed by atoms with Crippen molar-refractivity contribution in [3.05, 3.63) is 59.7 Å². The molecule has 7 nitrogen and oxygen atoms in total. The number of hydrogen-bond acceptors (Lipinski definition) is 5. The van der Waals surface area contributed by atoms with Gasteiger partial charge in [-0.1, -0.05) is 55.7 Å². The van der Waals surface area contributed by atoms with E-state index in [9.17, 15) is 18.0 Å². The van der Waals surface area contributed by atoms with Gasteiger partial charge in [0.25, 0.3) is 5.91 Å². The number of aryl methyl sites for hydroxylation is 1. The van der Waals surface area contributed by atoms with E-state index in [0.717, 1.165) is 43.2 Å². The Kier molecular flexibility index (Phi) is 7.38. The number of hydrogen-bond donors (Lipinski definition) is 1. The molecule has 34 heavy (non-hydrogen) atoms. The third kappa shape index (κ3) is 5.03. The van der Waals surface area contributed by atoms with Crippen LogP contribution in [0, 0.1) is 6.92 Å². The summed E-state index contributed by atoms with van der Waals surface area (Å²) >= 11 is 0. The summed E-state index contributed by atoms with van der Waals surface area (Å²) in [6.45, 7) is 2.39. The number of amides is 1. The quantitative estimate of drug-likeness (QED) is 0.596. The van der Waals surface area contributed by atoms with Crippen molar-refractivity contribution >= 4 is 27.6 Å². The molecule has 1 amide bonds. The fourth-order valence-electron chi connectivity index (χ4n) is 4.95. The Hall–Kier alpha value is -2.71. The number of benzene rings is 2. The maximum absolute atomic E-state index is 13.1. The Morgan fingerprint density at radius 3 is 2.32 bits per heavy atom. The lowest BCUT2D eigenvalue weighted by molar-refractivity contribution is -0.153. The number of nitrogens with zero attached hydrogens (tertiary/aromatic N) is 1. The number of ether oxygens (including phenoxy) is 1. The highest BCUT2D eigenvalue weighted by molar-refractivity contribution is 7.89. The number of sulfonamides is 1. The average molecular weight is 485 g/mol. The van der Waals surface area contributed by atoms with Gasteiger partial charge in [0.05, 0.1) is 10.3 Å². The molecule has 4 rings (SSSR count). The Morgan fingerprint density at radius 1 is 0.971 bits per heavy atom. The largest absolute Gasteiger partial charge is 0.455 e. The van der Waals surface area contributed by atoms with Crippen LogP contribution in [0.5, 0.6) is 0 Å². The van der Waals surface area contributed by atoms with Crippen LogP contribution in [0.3, 0.4) is 0 Å². The number of anilines is 1. The van der Waals surface area contributed by atoms with Crippen LogP contribution in [0.1, 0.15) is 56.1 Å². The van der Waals surface area contributed by atoms with E-state index in [-0.39, 0.29) is 10.9 Å². The van der Waals surface area contributed by atoms with E-state index < -0.39 is 28.0 Å². The summed E-state index contributed by atoms with van der Waals surface area (Å²) in [5.41, 5.74) is 1.34. The molecule has 182 valence electrons. The van der Waals surface area contributed by atoms with Crippen molar-refractivity contribution in [3.8, 4) is 0 Å². The second-order valence-electron chi connectivity index (χ2n) is 9.22. The molecule has 8 heteroatoms. The Bertz CT molecular complexity index is 1140. The zero-order valence-electron chi connectivity index (χ0n) is 19.6. The first-order valence-electron chi connectivity index (χ1n) is 12.0. The van der Waals surface area contributed by atoms with Gasteiger partial charge in [-0.05, 0) is 55.9 Å². The summed E-state index contributed by atoms with van der Waals surface area (Å²) in [5.74, 6) is -0.880. The molecule has 0 bridgehead atoms. The second kappa shape index (κ2) is 10.3. The monoisotopic (exact) mass is 484 g/mol. The fourth-order valence-corrected chi connectivity index (χ4v) is 6.50. The third-order valence-corrected chi connectivity index (χ3v) is 8.84. The fraction of sp³-hybridized carbons (Fsp3) is 0.462. The number of piperidine rings is 1. The van der Waals surface area contributed by atoms with Crippen LogP contribution in [0.4, 0.5) is 5.69 Å². The molecule has 1 saturated heterocycles. The maximum Gasteiger partial charge on any atom is 0.317 e. The van der Waals surface area contributed by atoms with Crippen molar-refractivity contribution < 1.29 is 22.7 Å². The molecule has 1 aliphatic heterocycles. The Balaban J connectivity index is 1.43. The topological polar surface area (TPSA) is 92.8 Å². The molecular formula is C26H32N2O5S. The molecule has 2 aliphatic rings. The number of nitrogens with one attached hydrogen (secondary N) is 1. The van der Waals surface area contributed by atoms with E-state index in [1.807, 2.05) is 30.3 Å². The molecule has 0 spiro atoms. The predicted molar refractivity (Wildman–Crippen MR) is 130 cm³/mol. The van der Waals surface area contributed by atoms with Crippen LogP contribution < -0.4 is 5.32 Å². The van der Waals surface area contributed by atoms with E-state index in [1.165, 1.54) is 10.4 Å². The van der Waals surface area contributed by atoms with Crippen molar-refractivity contribution in [1.82, 2.24) is 4.31 Å². The number of esters is 1. The Morgan fingerprint density at radius 2 is 1.65 bits per heavy atom. The molecule has 1 saturated carbocycles. The molecule has 2 aromatic carbocycles. The third-order valence-electron chi connectivity index (χ3n) is 6.94. The van der Waals surface area contributed by atoms with Crippen molar-refractivity contribution in [2.24, 2.45) is 0 Å². The van der Waals surface area contributed by atoms with Gasteiger partial charge in [0.15, 0.2) is 6.61 Å². The average Bonchev–Trinajstić information content (AvgIpc) is 3.36. The lowest BCUT2D eigenvalue weighted by atomic mass is 9.79. The molecule has 0 unspecified atom stereocenters. The molecule has 0 radical (unpaired) electrons. The van der Waals surface area contributed by atoms with Crippen molar-refractivity contribution in [1.29, 1.82) is 0 Å². The number of carbonyl (C=O) groups is 2. The summed E-state index contributed by atoms with van der Waals surface area (Å²) in [4.78, 5) is 25.9. The van der Waals surface area contributed by atoms with E-state index in [1.54, 1.807) is 19.1 Å². The Labute approximate surface area is 201 Å². The zero-order chi connectivity index (χ0) is 24.2. The van der Waals surface area contributed by atoms with E-state index in [4.69, 9.17) is 4.74 Å². The van der Waals surface area contributed by atoms with E-state index >= 15 is 0 Å². The number of carbonyl (C=O) groups excluding carboxylic acids is 2. The highest BCUT2D eigenvalue weighted by Crippen LogP contribution is 2.42. The van der Waals surface area contributed by atoms with Crippen LogP contribution in [0.2, 0.25) is 0 Å². The smallest absolute Gasteiger partial charge is 0.317 e. The summed E-state index contributed by atoms with van der Waals surface area (Å²) < 4.78 is 33.0. The minimum Gasteiger partial charge on any atom is -0.455 e. The van der Waals surface area contributed by atoms with Crippen LogP contribution in [-0.2, 0) is 29.8 Å². The minimum atomic E-state index is -3.62. The van der Waals surface area contributed by atoms with Crippen LogP contribution in [-0.4, -0.2) is 44.3 Å². The van der Waals surface area contributed by atoms with E-state index in [2.05, 4.69) is 5.32 Å². The van der Waals surface area contributed by atoms with Crippen molar-refractivity contribution in [2.45, 2.75) is 62.2 Å². The van der Waals surface area contributed by atoms with Gasteiger partial charge in [0.1, 0.15) is 0 Å². The molecule has 1 heterocycles. The molecule has 2 fully saturated rings. The highest BCUT2D eigenvalue weighted by atomic mass is 32.2. The summed E-state index contributed by atoms with van der Waals surface area (Å²) in [6, 6.07) is 14.3. The van der Waals surface area contributed by atoms with Gasteiger partial charge in [-0.2, -0.15) is 4.31 Å². The predicted octanol–water partition coefficient (Wildman–Crippen LogP) is 4.16. The SMILES string of the molecule is Cc1ccc(S(=O)(=O)N2CCCCC2)cc1NC(=O)COC(=O)C1(c2ccccc2)CCCC1. The lowest BCUT2D eigenvalue weighted by Crippen LogP contribution is -2.36. The van der Waals surface area contributed by atoms with Gasteiger partial charge >= 0.3 is 5.97 Å². The molecule has 1 aliphatic carbocycles. The molecule has 1 N–H and O–H groups in total. The second-order valence-corrected chi connectivity index (χ2v) is 11.2. The zero-order valence-corrected chi connectivity index (χ0v) is 20.4. The van der Waals surface area contributed by atoms with Gasteiger partial charge in [-0.15, -0.1) is 0 Å². The van der Waals surface area contributed by atoms with Gasteiger partial charge < -0.3 is 10.1 Å². The van der Waals surface area contributed by atoms with Crippen LogP contribution in [0.25, 0.3) is 0 Å². The van der Waals surface area contributed by atoms with E-state index in [0.29, 0.717) is 31.6 Å². The maximum atomic E-state index is 13.1. The van der Waals surface area contributed by atoms with Crippen LogP contribution >= 0.6 is 0 Å². The first-order chi connectivity index (χ1) is 16.3. The lowest BCUT2D eigenvalue weighted by Gasteiger charge is -2.27. The van der Waals surface area contributed by atoms with Gasteiger partial charge in [0, 0.05) is 18.8 Å². The van der Waals surface area contributed by atoms with Crippen LogP contribution in [0.15, 0.2) is 53.4 Å². The normalized spacial score (nSPS) is 18.4. The molecule has 0 aromatic heterocycles. The minimum absolute atomic E-state index is 0.154. The standard InChI is InChI=1S/C26H32N2O5S/c1-20-12-13-22(34(31,32)28-16-8-3-9-17-28)18-23(20)27-24(29)19-33-25(30)26(14-6-7-15-26)21-10-4-2-5-11-21/h2,4-5,10-13,18H,3,6-9,14-17,19H2,1H3,(H,27,29). The molecular weight excluding hydrogens is 452 g/mol. The molecule has 0 atom stereocenters. The number of rotatable bonds is 7. The first kappa shape index (κ1) is 24.4. The highest BCUT2D eigenvalue weighted by Gasteiger charge is 2.44.